The molecule has 0 aliphatic carbocycles. The predicted octanol–water partition coefficient (Wildman–Crippen LogP) is 2.18. The minimum absolute atomic E-state index is 0.0157. The molecule has 1 aromatic carbocycles. The third-order valence-electron chi connectivity index (χ3n) is 3.04. The van der Waals surface area contributed by atoms with Crippen LogP contribution >= 0.6 is 0 Å². The number of methoxy groups -OCH3 is 1. The summed E-state index contributed by atoms with van der Waals surface area (Å²) in [6.45, 7) is 1.72. The zero-order valence-electron chi connectivity index (χ0n) is 13.2. The molecule has 0 saturated heterocycles. The van der Waals surface area contributed by atoms with Gasteiger partial charge in [0.25, 0.3) is 5.76 Å². The SMILES string of the molecule is CCOC(=O)c1coc(C(=O)OC)c(OCc2ccccc2)c1=O. The maximum atomic E-state index is 12.5. The van der Waals surface area contributed by atoms with Gasteiger partial charge in [-0.2, -0.15) is 0 Å². The van der Waals surface area contributed by atoms with Gasteiger partial charge in [-0.3, -0.25) is 4.79 Å². The Hall–Kier alpha value is -3.09. The molecule has 0 amide bonds. The zero-order valence-corrected chi connectivity index (χ0v) is 13.2. The molecular weight excluding hydrogens is 316 g/mol. The zero-order chi connectivity index (χ0) is 17.5. The topological polar surface area (TPSA) is 92.0 Å². The summed E-state index contributed by atoms with van der Waals surface area (Å²) in [4.78, 5) is 36.0. The summed E-state index contributed by atoms with van der Waals surface area (Å²) in [5.74, 6) is -2.54. The Balaban J connectivity index is 2.40. The average Bonchev–Trinajstić information content (AvgIpc) is 2.60. The van der Waals surface area contributed by atoms with Crippen LogP contribution in [0.15, 0.2) is 45.8 Å². The molecule has 0 spiro atoms. The molecule has 0 radical (unpaired) electrons. The van der Waals surface area contributed by atoms with Crippen LogP contribution in [-0.4, -0.2) is 25.7 Å². The van der Waals surface area contributed by atoms with Gasteiger partial charge in [-0.15, -0.1) is 0 Å². The minimum atomic E-state index is -0.884. The van der Waals surface area contributed by atoms with Crippen molar-refractivity contribution in [2.45, 2.75) is 13.5 Å². The van der Waals surface area contributed by atoms with E-state index in [4.69, 9.17) is 13.9 Å². The predicted molar refractivity (Wildman–Crippen MR) is 83.0 cm³/mol. The summed E-state index contributed by atoms with van der Waals surface area (Å²) >= 11 is 0. The lowest BCUT2D eigenvalue weighted by atomic mass is 10.2. The van der Waals surface area contributed by atoms with Gasteiger partial charge in [-0.25, -0.2) is 9.59 Å². The molecule has 24 heavy (non-hydrogen) atoms. The van der Waals surface area contributed by atoms with E-state index in [0.29, 0.717) is 0 Å². The van der Waals surface area contributed by atoms with Crippen molar-refractivity contribution in [3.05, 3.63) is 63.7 Å². The third kappa shape index (κ3) is 3.81. The molecule has 0 bridgehead atoms. The maximum absolute atomic E-state index is 12.5. The van der Waals surface area contributed by atoms with E-state index in [-0.39, 0.29) is 18.8 Å². The third-order valence-corrected chi connectivity index (χ3v) is 3.04. The van der Waals surface area contributed by atoms with Gasteiger partial charge in [0.2, 0.25) is 11.2 Å². The van der Waals surface area contributed by atoms with Crippen molar-refractivity contribution >= 4 is 11.9 Å². The van der Waals surface area contributed by atoms with Crippen molar-refractivity contribution < 1.29 is 28.2 Å². The number of ether oxygens (including phenoxy) is 3. The van der Waals surface area contributed by atoms with Crippen molar-refractivity contribution in [2.24, 2.45) is 0 Å². The van der Waals surface area contributed by atoms with Crippen LogP contribution in [0.5, 0.6) is 5.75 Å². The van der Waals surface area contributed by atoms with Crippen LogP contribution in [0.4, 0.5) is 0 Å². The highest BCUT2D eigenvalue weighted by molar-refractivity contribution is 5.93. The summed E-state index contributed by atoms with van der Waals surface area (Å²) < 4.78 is 19.9. The van der Waals surface area contributed by atoms with Crippen molar-refractivity contribution in [1.82, 2.24) is 0 Å². The van der Waals surface area contributed by atoms with E-state index in [1.165, 1.54) is 0 Å². The Morgan fingerprint density at radius 2 is 1.83 bits per heavy atom. The first-order chi connectivity index (χ1) is 11.6. The summed E-state index contributed by atoms with van der Waals surface area (Å²) in [5.41, 5.74) is -0.377. The van der Waals surface area contributed by atoms with Crippen LogP contribution in [0, 0.1) is 0 Å². The van der Waals surface area contributed by atoms with Crippen LogP contribution in [-0.2, 0) is 16.1 Å². The fourth-order valence-corrected chi connectivity index (χ4v) is 1.89. The number of rotatable bonds is 6. The van der Waals surface area contributed by atoms with E-state index in [1.54, 1.807) is 31.2 Å². The second-order valence-corrected chi connectivity index (χ2v) is 4.62. The number of esters is 2. The van der Waals surface area contributed by atoms with E-state index < -0.39 is 28.9 Å². The molecule has 7 nitrogen and oxygen atoms in total. The molecule has 0 fully saturated rings. The molecule has 126 valence electrons. The van der Waals surface area contributed by atoms with E-state index in [9.17, 15) is 14.4 Å². The molecule has 2 aromatic rings. The van der Waals surface area contributed by atoms with Crippen molar-refractivity contribution in [3.63, 3.8) is 0 Å². The molecule has 0 saturated carbocycles. The fourth-order valence-electron chi connectivity index (χ4n) is 1.89. The summed E-state index contributed by atoms with van der Waals surface area (Å²) in [6, 6.07) is 9.01. The highest BCUT2D eigenvalue weighted by atomic mass is 16.5. The van der Waals surface area contributed by atoms with E-state index in [0.717, 1.165) is 18.9 Å². The van der Waals surface area contributed by atoms with Crippen molar-refractivity contribution in [1.29, 1.82) is 0 Å². The Morgan fingerprint density at radius 3 is 2.46 bits per heavy atom. The number of benzene rings is 1. The van der Waals surface area contributed by atoms with Gasteiger partial charge in [-0.1, -0.05) is 30.3 Å². The Bertz CT molecular complexity index is 777. The Labute approximate surface area is 137 Å². The molecule has 1 aromatic heterocycles. The summed E-state index contributed by atoms with van der Waals surface area (Å²) in [5, 5.41) is 0. The highest BCUT2D eigenvalue weighted by Gasteiger charge is 2.25. The second kappa shape index (κ2) is 7.96. The molecule has 2 rings (SSSR count). The maximum Gasteiger partial charge on any atom is 0.378 e. The molecule has 1 heterocycles. The first-order valence-corrected chi connectivity index (χ1v) is 7.16. The number of hydrogen-bond acceptors (Lipinski definition) is 7. The van der Waals surface area contributed by atoms with E-state index in [2.05, 4.69) is 4.74 Å². The smallest absolute Gasteiger partial charge is 0.378 e. The lowest BCUT2D eigenvalue weighted by Gasteiger charge is -2.10. The highest BCUT2D eigenvalue weighted by Crippen LogP contribution is 2.18. The minimum Gasteiger partial charge on any atom is -0.481 e. The lowest BCUT2D eigenvalue weighted by Crippen LogP contribution is -2.22. The van der Waals surface area contributed by atoms with Gasteiger partial charge in [0.15, 0.2) is 0 Å². The quantitative estimate of drug-likeness (QED) is 0.749. The van der Waals surface area contributed by atoms with Crippen LogP contribution < -0.4 is 10.2 Å². The summed E-state index contributed by atoms with van der Waals surface area (Å²) in [7, 11) is 1.14. The van der Waals surface area contributed by atoms with Gasteiger partial charge in [0, 0.05) is 0 Å². The fraction of sp³-hybridized carbons (Fsp3) is 0.235. The van der Waals surface area contributed by atoms with Gasteiger partial charge < -0.3 is 18.6 Å². The van der Waals surface area contributed by atoms with Crippen LogP contribution in [0.25, 0.3) is 0 Å². The number of carbonyl (C=O) groups is 2. The molecule has 0 N–H and O–H groups in total. The van der Waals surface area contributed by atoms with Gasteiger partial charge in [-0.05, 0) is 12.5 Å². The molecule has 0 aliphatic rings. The lowest BCUT2D eigenvalue weighted by molar-refractivity contribution is 0.0504. The number of hydrogen-bond donors (Lipinski definition) is 0. The van der Waals surface area contributed by atoms with Crippen molar-refractivity contribution in [3.8, 4) is 5.75 Å². The Morgan fingerprint density at radius 1 is 1.12 bits per heavy atom. The standard InChI is InChI=1S/C17H16O7/c1-3-22-16(19)12-10-24-15(17(20)21-2)14(13(12)18)23-9-11-7-5-4-6-8-11/h4-8,10H,3,9H2,1-2H3. The largest absolute Gasteiger partial charge is 0.481 e. The molecule has 0 aliphatic heterocycles. The van der Waals surface area contributed by atoms with Gasteiger partial charge in [0.1, 0.15) is 18.4 Å². The second-order valence-electron chi connectivity index (χ2n) is 4.62. The first kappa shape index (κ1) is 17.3. The normalized spacial score (nSPS) is 10.1. The summed E-state index contributed by atoms with van der Waals surface area (Å²) in [6.07, 6.45) is 0.863. The molecular formula is C17H16O7. The first-order valence-electron chi connectivity index (χ1n) is 7.16. The van der Waals surface area contributed by atoms with Gasteiger partial charge >= 0.3 is 11.9 Å². The van der Waals surface area contributed by atoms with E-state index >= 15 is 0 Å². The molecule has 7 heteroatoms. The van der Waals surface area contributed by atoms with Gasteiger partial charge in [0.05, 0.1) is 13.7 Å². The van der Waals surface area contributed by atoms with Crippen LogP contribution in [0.3, 0.4) is 0 Å². The van der Waals surface area contributed by atoms with Crippen molar-refractivity contribution in [2.75, 3.05) is 13.7 Å². The average molecular weight is 332 g/mol. The monoisotopic (exact) mass is 332 g/mol. The Kier molecular flexibility index (Phi) is 5.73. The molecule has 0 unspecified atom stereocenters. The molecule has 0 atom stereocenters. The van der Waals surface area contributed by atoms with Crippen LogP contribution in [0.1, 0.15) is 33.4 Å². The van der Waals surface area contributed by atoms with E-state index in [1.807, 2.05) is 6.07 Å². The van der Waals surface area contributed by atoms with Crippen LogP contribution in [0.2, 0.25) is 0 Å². The number of carbonyl (C=O) groups excluding carboxylic acids is 2.